The van der Waals surface area contributed by atoms with Crippen LogP contribution in [0.1, 0.15) is 31.2 Å². The number of fused-ring (bicyclic) bond motifs is 1. The molecule has 0 saturated heterocycles. The smallest absolute Gasteiger partial charge is 0.257 e. The van der Waals surface area contributed by atoms with Gasteiger partial charge in [-0.2, -0.15) is 0 Å². The monoisotopic (exact) mass is 394 g/mol. The van der Waals surface area contributed by atoms with Crippen LogP contribution in [-0.2, 0) is 9.59 Å². The molecular weight excluding hydrogens is 378 g/mol. The summed E-state index contributed by atoms with van der Waals surface area (Å²) in [6, 6.07) is 2.69. The van der Waals surface area contributed by atoms with Gasteiger partial charge in [0.15, 0.2) is 5.16 Å². The van der Waals surface area contributed by atoms with E-state index in [1.807, 2.05) is 6.92 Å². The van der Waals surface area contributed by atoms with Crippen molar-refractivity contribution < 1.29 is 18.4 Å². The number of aromatic nitrogens is 2. The van der Waals surface area contributed by atoms with Crippen molar-refractivity contribution >= 4 is 35.1 Å². The van der Waals surface area contributed by atoms with E-state index in [0.29, 0.717) is 11.2 Å². The Morgan fingerprint density at radius 3 is 2.85 bits per heavy atom. The second kappa shape index (κ2) is 7.87. The highest BCUT2D eigenvalue weighted by atomic mass is 32.2. The number of hydrogen-bond donors (Lipinski definition) is 3. The normalized spacial score (nSPS) is 15.8. The molecule has 0 aliphatic carbocycles. The van der Waals surface area contributed by atoms with Gasteiger partial charge in [0.2, 0.25) is 11.8 Å². The van der Waals surface area contributed by atoms with Gasteiger partial charge in [-0.1, -0.05) is 18.7 Å². The lowest BCUT2D eigenvalue weighted by Gasteiger charge is -2.23. The molecule has 3 N–H and O–H groups in total. The molecule has 27 heavy (non-hydrogen) atoms. The summed E-state index contributed by atoms with van der Waals surface area (Å²) in [7, 11) is 0. The second-order valence-electron chi connectivity index (χ2n) is 5.90. The summed E-state index contributed by atoms with van der Waals surface area (Å²) in [5.41, 5.74) is -0.776. The molecule has 1 aromatic heterocycles. The summed E-state index contributed by atoms with van der Waals surface area (Å²) < 4.78 is 26.8. The largest absolute Gasteiger partial charge is 0.323 e. The van der Waals surface area contributed by atoms with Crippen molar-refractivity contribution in [1.82, 2.24) is 9.97 Å². The number of benzene rings is 1. The summed E-state index contributed by atoms with van der Waals surface area (Å²) in [4.78, 5) is 43.8. The molecule has 1 atom stereocenters. The fourth-order valence-electron chi connectivity index (χ4n) is 2.65. The first-order valence-electron chi connectivity index (χ1n) is 8.21. The van der Waals surface area contributed by atoms with Crippen LogP contribution in [0.5, 0.6) is 0 Å². The molecular formula is C17H16F2N4O3S. The van der Waals surface area contributed by atoms with Gasteiger partial charge in [-0.15, -0.1) is 0 Å². The molecule has 142 valence electrons. The van der Waals surface area contributed by atoms with E-state index >= 15 is 0 Å². The van der Waals surface area contributed by atoms with Crippen LogP contribution in [0.4, 0.5) is 20.3 Å². The fraction of sp³-hybridized carbons (Fsp3) is 0.294. The van der Waals surface area contributed by atoms with E-state index in [1.165, 1.54) is 11.8 Å². The zero-order valence-corrected chi connectivity index (χ0v) is 15.1. The van der Waals surface area contributed by atoms with Crippen molar-refractivity contribution in [2.75, 3.05) is 16.4 Å². The van der Waals surface area contributed by atoms with E-state index in [0.717, 1.165) is 24.3 Å². The van der Waals surface area contributed by atoms with E-state index in [9.17, 15) is 23.2 Å². The van der Waals surface area contributed by atoms with Crippen molar-refractivity contribution in [2.24, 2.45) is 0 Å². The number of anilines is 2. The number of thioether (sulfide) groups is 1. The molecule has 0 fully saturated rings. The average Bonchev–Trinajstić information content (AvgIpc) is 2.61. The molecule has 0 unspecified atom stereocenters. The van der Waals surface area contributed by atoms with Crippen LogP contribution in [0.15, 0.2) is 28.2 Å². The maximum atomic E-state index is 13.8. The molecule has 1 aromatic carbocycles. The lowest BCUT2D eigenvalue weighted by atomic mass is 9.92. The minimum atomic E-state index is -1.14. The first-order chi connectivity index (χ1) is 12.9. The zero-order chi connectivity index (χ0) is 19.6. The molecule has 1 aliphatic rings. The van der Waals surface area contributed by atoms with Gasteiger partial charge in [0, 0.05) is 18.2 Å². The van der Waals surface area contributed by atoms with Crippen molar-refractivity contribution in [2.45, 2.75) is 30.8 Å². The van der Waals surface area contributed by atoms with Crippen LogP contribution in [0, 0.1) is 11.6 Å². The number of aromatic amines is 1. The van der Waals surface area contributed by atoms with Crippen molar-refractivity contribution in [3.05, 3.63) is 45.8 Å². The Morgan fingerprint density at radius 1 is 1.37 bits per heavy atom. The number of carbonyl (C=O) groups excluding carboxylic acids is 2. The van der Waals surface area contributed by atoms with Crippen LogP contribution in [0.2, 0.25) is 0 Å². The SMILES string of the molecule is CCCSc1nc2c(c(=O)[nH]1)[C@@H](C(=O)Nc1ccc(F)cc1F)CC(=O)N2. The quantitative estimate of drug-likeness (QED) is 0.534. The van der Waals surface area contributed by atoms with Gasteiger partial charge in [0.25, 0.3) is 5.56 Å². The molecule has 2 aromatic rings. The third kappa shape index (κ3) is 4.16. The Bertz CT molecular complexity index is 964. The minimum absolute atomic E-state index is 0.00969. The van der Waals surface area contributed by atoms with Crippen LogP contribution < -0.4 is 16.2 Å². The minimum Gasteiger partial charge on any atom is -0.323 e. The first kappa shape index (κ1) is 19.0. The number of amides is 2. The van der Waals surface area contributed by atoms with Gasteiger partial charge in [-0.3, -0.25) is 14.4 Å². The fourth-order valence-corrected chi connectivity index (χ4v) is 3.37. The van der Waals surface area contributed by atoms with Gasteiger partial charge >= 0.3 is 0 Å². The predicted octanol–water partition coefficient (Wildman–Crippen LogP) is 2.61. The molecule has 1 aliphatic heterocycles. The Labute approximate surface area is 157 Å². The molecule has 3 rings (SSSR count). The molecule has 0 saturated carbocycles. The third-order valence-corrected chi connectivity index (χ3v) is 4.96. The molecule has 10 heteroatoms. The summed E-state index contributed by atoms with van der Waals surface area (Å²) >= 11 is 1.32. The number of carbonyl (C=O) groups is 2. The van der Waals surface area contributed by atoms with Gasteiger partial charge < -0.3 is 15.6 Å². The van der Waals surface area contributed by atoms with E-state index in [1.54, 1.807) is 0 Å². The molecule has 0 spiro atoms. The van der Waals surface area contributed by atoms with Gasteiger partial charge in [0.1, 0.15) is 17.5 Å². The van der Waals surface area contributed by atoms with E-state index < -0.39 is 34.9 Å². The maximum Gasteiger partial charge on any atom is 0.257 e. The summed E-state index contributed by atoms with van der Waals surface area (Å²) in [6.07, 6.45) is 0.583. The number of halogens is 2. The lowest BCUT2D eigenvalue weighted by Crippen LogP contribution is -2.36. The maximum absolute atomic E-state index is 13.8. The van der Waals surface area contributed by atoms with Crippen molar-refractivity contribution in [3.63, 3.8) is 0 Å². The van der Waals surface area contributed by atoms with Gasteiger partial charge in [0.05, 0.1) is 17.2 Å². The molecule has 2 amide bonds. The topological polar surface area (TPSA) is 104 Å². The van der Waals surface area contributed by atoms with Gasteiger partial charge in [-0.05, 0) is 18.6 Å². The first-order valence-corrected chi connectivity index (χ1v) is 9.20. The number of nitrogens with one attached hydrogen (secondary N) is 3. The number of nitrogens with zero attached hydrogens (tertiary/aromatic N) is 1. The van der Waals surface area contributed by atoms with Crippen LogP contribution in [0.3, 0.4) is 0 Å². The van der Waals surface area contributed by atoms with Crippen LogP contribution in [-0.4, -0.2) is 27.5 Å². The summed E-state index contributed by atoms with van der Waals surface area (Å²) in [5, 5.41) is 5.14. The Balaban J connectivity index is 1.92. The third-order valence-electron chi connectivity index (χ3n) is 3.88. The average molecular weight is 394 g/mol. The van der Waals surface area contributed by atoms with E-state index in [-0.39, 0.29) is 23.5 Å². The molecule has 7 nitrogen and oxygen atoms in total. The molecule has 0 radical (unpaired) electrons. The second-order valence-corrected chi connectivity index (χ2v) is 6.98. The number of rotatable bonds is 5. The Morgan fingerprint density at radius 2 is 2.15 bits per heavy atom. The van der Waals surface area contributed by atoms with Crippen molar-refractivity contribution in [3.8, 4) is 0 Å². The summed E-state index contributed by atoms with van der Waals surface area (Å²) in [6.45, 7) is 1.97. The summed E-state index contributed by atoms with van der Waals surface area (Å²) in [5.74, 6) is -3.37. The number of hydrogen-bond acceptors (Lipinski definition) is 5. The molecule has 0 bridgehead atoms. The van der Waals surface area contributed by atoms with Gasteiger partial charge in [-0.25, -0.2) is 13.8 Å². The van der Waals surface area contributed by atoms with Crippen LogP contribution >= 0.6 is 11.8 Å². The van der Waals surface area contributed by atoms with Crippen molar-refractivity contribution in [1.29, 1.82) is 0 Å². The lowest BCUT2D eigenvalue weighted by molar-refractivity contribution is -0.123. The highest BCUT2D eigenvalue weighted by molar-refractivity contribution is 7.99. The number of H-pyrrole nitrogens is 1. The molecule has 2 heterocycles. The van der Waals surface area contributed by atoms with Crippen LogP contribution in [0.25, 0.3) is 0 Å². The van der Waals surface area contributed by atoms with E-state index in [4.69, 9.17) is 0 Å². The Hall–Kier alpha value is -2.75. The Kier molecular flexibility index (Phi) is 5.54. The zero-order valence-electron chi connectivity index (χ0n) is 14.3. The van der Waals surface area contributed by atoms with E-state index in [2.05, 4.69) is 20.6 Å². The predicted molar refractivity (Wildman–Crippen MR) is 96.8 cm³/mol. The highest BCUT2D eigenvalue weighted by Gasteiger charge is 2.35. The highest BCUT2D eigenvalue weighted by Crippen LogP contribution is 2.30. The standard InChI is InChI=1S/C17H16F2N4O3S/c1-2-5-27-17-22-14-13(16(26)23-17)9(7-12(24)21-14)15(25)20-11-4-3-8(18)6-10(11)19/h3-4,6,9H,2,5,7H2,1H3,(H,20,25)(H2,21,22,23,24,26)/t9-/m0/s1.